The van der Waals surface area contributed by atoms with Gasteiger partial charge >= 0.3 is 5.69 Å². The van der Waals surface area contributed by atoms with Crippen molar-refractivity contribution in [3.05, 3.63) is 27.9 Å². The number of nitrogens with zero attached hydrogens (tertiary/aromatic N) is 2. The van der Waals surface area contributed by atoms with Gasteiger partial charge in [0, 0.05) is 24.0 Å². The predicted octanol–water partition coefficient (Wildman–Crippen LogP) is 2.42. The fourth-order valence-electron chi connectivity index (χ4n) is 3.26. The third-order valence-electron chi connectivity index (χ3n) is 4.35. The van der Waals surface area contributed by atoms with Gasteiger partial charge in [-0.05, 0) is 51.6 Å². The minimum atomic E-state index is -0.108. The SMILES string of the molecule is CCCNC(Cn1c(C)cc(C)nc1=O)C1CCCC1. The average molecular weight is 277 g/mol. The zero-order valence-electron chi connectivity index (χ0n) is 13.0. The van der Waals surface area contributed by atoms with Crippen LogP contribution in [0.3, 0.4) is 0 Å². The minimum Gasteiger partial charge on any atom is -0.312 e. The van der Waals surface area contributed by atoms with E-state index in [0.29, 0.717) is 12.0 Å². The first-order valence-corrected chi connectivity index (χ1v) is 7.90. The van der Waals surface area contributed by atoms with Crippen LogP contribution in [-0.4, -0.2) is 22.1 Å². The van der Waals surface area contributed by atoms with Crippen LogP contribution in [0.4, 0.5) is 0 Å². The van der Waals surface area contributed by atoms with Gasteiger partial charge in [0.25, 0.3) is 0 Å². The van der Waals surface area contributed by atoms with Crippen molar-refractivity contribution in [3.63, 3.8) is 0 Å². The van der Waals surface area contributed by atoms with Gasteiger partial charge in [0.15, 0.2) is 0 Å². The van der Waals surface area contributed by atoms with Crippen LogP contribution < -0.4 is 11.0 Å². The van der Waals surface area contributed by atoms with Crippen LogP contribution in [0.1, 0.15) is 50.4 Å². The fraction of sp³-hybridized carbons (Fsp3) is 0.750. The Labute approximate surface area is 121 Å². The molecule has 1 aliphatic carbocycles. The van der Waals surface area contributed by atoms with E-state index in [0.717, 1.165) is 30.9 Å². The summed E-state index contributed by atoms with van der Waals surface area (Å²) in [5, 5.41) is 3.64. The Hall–Kier alpha value is -1.16. The Morgan fingerprint density at radius 2 is 2.10 bits per heavy atom. The largest absolute Gasteiger partial charge is 0.348 e. The molecule has 1 aromatic rings. The first kappa shape index (κ1) is 15.2. The van der Waals surface area contributed by atoms with E-state index in [9.17, 15) is 4.79 Å². The van der Waals surface area contributed by atoms with Crippen molar-refractivity contribution in [2.75, 3.05) is 6.54 Å². The summed E-state index contributed by atoms with van der Waals surface area (Å²) in [6.07, 6.45) is 6.36. The third kappa shape index (κ3) is 3.69. The van der Waals surface area contributed by atoms with Crippen LogP contribution >= 0.6 is 0 Å². The summed E-state index contributed by atoms with van der Waals surface area (Å²) in [5.74, 6) is 0.703. The van der Waals surface area contributed by atoms with Gasteiger partial charge in [0.1, 0.15) is 0 Å². The van der Waals surface area contributed by atoms with Crippen molar-refractivity contribution in [1.29, 1.82) is 0 Å². The molecule has 112 valence electrons. The van der Waals surface area contributed by atoms with Crippen LogP contribution in [0.25, 0.3) is 0 Å². The van der Waals surface area contributed by atoms with Crippen molar-refractivity contribution < 1.29 is 0 Å². The molecule has 0 radical (unpaired) electrons. The summed E-state index contributed by atoms with van der Waals surface area (Å²) in [5.41, 5.74) is 1.72. The standard InChI is InChI=1S/C16H27N3O/c1-4-9-17-15(14-7-5-6-8-14)11-19-13(3)10-12(2)18-16(19)20/h10,14-15,17H,4-9,11H2,1-3H3. The number of aryl methyl sites for hydroxylation is 2. The maximum absolute atomic E-state index is 12.1. The summed E-state index contributed by atoms with van der Waals surface area (Å²) in [6, 6.07) is 2.39. The zero-order valence-corrected chi connectivity index (χ0v) is 13.0. The number of rotatable bonds is 6. The molecule has 0 bridgehead atoms. The van der Waals surface area contributed by atoms with Gasteiger partial charge < -0.3 is 5.32 Å². The predicted molar refractivity (Wildman–Crippen MR) is 82.0 cm³/mol. The van der Waals surface area contributed by atoms with E-state index in [1.54, 1.807) is 0 Å². The summed E-state index contributed by atoms with van der Waals surface area (Å²) in [7, 11) is 0. The summed E-state index contributed by atoms with van der Waals surface area (Å²) >= 11 is 0. The van der Waals surface area contributed by atoms with Crippen LogP contribution in [0.2, 0.25) is 0 Å². The molecule has 0 saturated heterocycles. The summed E-state index contributed by atoms with van der Waals surface area (Å²) < 4.78 is 1.83. The Morgan fingerprint density at radius 1 is 1.40 bits per heavy atom. The van der Waals surface area contributed by atoms with Crippen LogP contribution in [0.15, 0.2) is 10.9 Å². The Balaban J connectivity index is 2.16. The smallest absolute Gasteiger partial charge is 0.312 e. The zero-order chi connectivity index (χ0) is 14.5. The molecule has 1 aromatic heterocycles. The Kier molecular flexibility index (Phi) is 5.35. The molecule has 0 aliphatic heterocycles. The molecular formula is C16H27N3O. The van der Waals surface area contributed by atoms with Crippen molar-refractivity contribution >= 4 is 0 Å². The quantitative estimate of drug-likeness (QED) is 0.868. The lowest BCUT2D eigenvalue weighted by molar-refractivity contribution is 0.316. The number of hydrogen-bond donors (Lipinski definition) is 1. The second-order valence-corrected chi connectivity index (χ2v) is 6.04. The molecule has 4 nitrogen and oxygen atoms in total. The Morgan fingerprint density at radius 3 is 2.70 bits per heavy atom. The number of hydrogen-bond acceptors (Lipinski definition) is 3. The first-order chi connectivity index (χ1) is 9.61. The maximum Gasteiger partial charge on any atom is 0.348 e. The highest BCUT2D eigenvalue weighted by atomic mass is 16.1. The highest BCUT2D eigenvalue weighted by molar-refractivity contribution is 5.07. The second kappa shape index (κ2) is 7.02. The third-order valence-corrected chi connectivity index (χ3v) is 4.35. The molecule has 1 aliphatic rings. The first-order valence-electron chi connectivity index (χ1n) is 7.90. The molecule has 0 spiro atoms. The molecule has 4 heteroatoms. The number of aromatic nitrogens is 2. The Bertz CT molecular complexity index is 489. The van der Waals surface area contributed by atoms with E-state index >= 15 is 0 Å². The van der Waals surface area contributed by atoms with E-state index < -0.39 is 0 Å². The highest BCUT2D eigenvalue weighted by Crippen LogP contribution is 2.28. The molecule has 0 amide bonds. The van der Waals surface area contributed by atoms with Crippen molar-refractivity contribution in [3.8, 4) is 0 Å². The van der Waals surface area contributed by atoms with Gasteiger partial charge in [-0.1, -0.05) is 19.8 Å². The van der Waals surface area contributed by atoms with Crippen molar-refractivity contribution in [2.45, 2.75) is 65.5 Å². The van der Waals surface area contributed by atoms with Gasteiger partial charge in [-0.3, -0.25) is 4.57 Å². The minimum absolute atomic E-state index is 0.108. The monoisotopic (exact) mass is 277 g/mol. The molecule has 1 saturated carbocycles. The summed E-state index contributed by atoms with van der Waals surface area (Å²) in [6.45, 7) is 7.84. The molecular weight excluding hydrogens is 250 g/mol. The van der Waals surface area contributed by atoms with Gasteiger partial charge in [0.05, 0.1) is 0 Å². The topological polar surface area (TPSA) is 46.9 Å². The van der Waals surface area contributed by atoms with E-state index in [-0.39, 0.29) is 5.69 Å². The fourth-order valence-corrected chi connectivity index (χ4v) is 3.26. The highest BCUT2D eigenvalue weighted by Gasteiger charge is 2.25. The van der Waals surface area contributed by atoms with Crippen molar-refractivity contribution in [2.24, 2.45) is 5.92 Å². The van der Waals surface area contributed by atoms with E-state index in [1.165, 1.54) is 25.7 Å². The molecule has 1 fully saturated rings. The van der Waals surface area contributed by atoms with E-state index in [2.05, 4.69) is 17.2 Å². The molecule has 2 rings (SSSR count). The molecule has 1 unspecified atom stereocenters. The van der Waals surface area contributed by atoms with Crippen LogP contribution in [-0.2, 0) is 6.54 Å². The van der Waals surface area contributed by atoms with E-state index in [1.807, 2.05) is 24.5 Å². The lowest BCUT2D eigenvalue weighted by Gasteiger charge is -2.26. The maximum atomic E-state index is 12.1. The molecule has 1 atom stereocenters. The number of nitrogens with one attached hydrogen (secondary N) is 1. The van der Waals surface area contributed by atoms with E-state index in [4.69, 9.17) is 0 Å². The van der Waals surface area contributed by atoms with Gasteiger partial charge in [0.2, 0.25) is 0 Å². The van der Waals surface area contributed by atoms with Gasteiger partial charge in [-0.25, -0.2) is 4.79 Å². The summed E-state index contributed by atoms with van der Waals surface area (Å²) in [4.78, 5) is 16.2. The molecule has 1 heterocycles. The lowest BCUT2D eigenvalue weighted by atomic mass is 9.97. The molecule has 0 aromatic carbocycles. The van der Waals surface area contributed by atoms with Crippen LogP contribution in [0, 0.1) is 19.8 Å². The van der Waals surface area contributed by atoms with Gasteiger partial charge in [-0.15, -0.1) is 0 Å². The average Bonchev–Trinajstić information content (AvgIpc) is 2.91. The molecule has 20 heavy (non-hydrogen) atoms. The van der Waals surface area contributed by atoms with Crippen LogP contribution in [0.5, 0.6) is 0 Å². The normalized spacial score (nSPS) is 17.6. The van der Waals surface area contributed by atoms with Crippen molar-refractivity contribution in [1.82, 2.24) is 14.9 Å². The second-order valence-electron chi connectivity index (χ2n) is 6.04. The lowest BCUT2D eigenvalue weighted by Crippen LogP contribution is -2.42. The van der Waals surface area contributed by atoms with Gasteiger partial charge in [-0.2, -0.15) is 4.98 Å². The molecule has 1 N–H and O–H groups in total.